The first-order chi connectivity index (χ1) is 13.3. The van der Waals surface area contributed by atoms with Crippen LogP contribution in [-0.2, 0) is 20.7 Å². The van der Waals surface area contributed by atoms with Crippen LogP contribution in [0, 0.1) is 15.9 Å². The second-order valence-electron chi connectivity index (χ2n) is 5.85. The fourth-order valence-corrected chi connectivity index (χ4v) is 2.38. The van der Waals surface area contributed by atoms with Crippen LogP contribution in [0.3, 0.4) is 0 Å². The highest BCUT2D eigenvalue weighted by Crippen LogP contribution is 2.29. The van der Waals surface area contributed by atoms with Gasteiger partial charge in [-0.15, -0.1) is 0 Å². The molecule has 0 saturated heterocycles. The third kappa shape index (κ3) is 5.50. The first-order valence-electron chi connectivity index (χ1n) is 8.38. The number of rotatable bonds is 8. The summed E-state index contributed by atoms with van der Waals surface area (Å²) in [5.74, 6) is -1.58. The predicted octanol–water partition coefficient (Wildman–Crippen LogP) is 3.25. The molecule has 0 aliphatic rings. The molecule has 0 aliphatic heterocycles. The molecule has 0 aromatic heterocycles. The predicted molar refractivity (Wildman–Crippen MR) is 98.6 cm³/mol. The standard InChI is InChI=1S/C19H19FN2O6/c1-12(28-18(23)10-7-13-5-3-4-6-15(13)20)19(24)21-16-9-8-14(27-2)11-17(16)22(25)26/h3-6,8-9,11-12H,7,10H2,1-2H3,(H,21,24)/t12-/m0/s1. The third-order valence-electron chi connectivity index (χ3n) is 3.89. The number of esters is 1. The minimum atomic E-state index is -1.19. The second-order valence-corrected chi connectivity index (χ2v) is 5.85. The van der Waals surface area contributed by atoms with Gasteiger partial charge in [0.15, 0.2) is 6.10 Å². The quantitative estimate of drug-likeness (QED) is 0.421. The van der Waals surface area contributed by atoms with Crippen LogP contribution in [0.15, 0.2) is 42.5 Å². The molecule has 2 rings (SSSR count). The van der Waals surface area contributed by atoms with Crippen molar-refractivity contribution in [3.63, 3.8) is 0 Å². The molecule has 148 valence electrons. The van der Waals surface area contributed by atoms with E-state index < -0.39 is 28.7 Å². The van der Waals surface area contributed by atoms with Gasteiger partial charge in [-0.25, -0.2) is 4.39 Å². The van der Waals surface area contributed by atoms with Gasteiger partial charge in [0.2, 0.25) is 0 Å². The molecule has 0 spiro atoms. The Morgan fingerprint density at radius 2 is 1.96 bits per heavy atom. The van der Waals surface area contributed by atoms with Crippen molar-refractivity contribution < 1.29 is 28.4 Å². The first-order valence-corrected chi connectivity index (χ1v) is 8.38. The Balaban J connectivity index is 1.95. The number of hydrogen-bond donors (Lipinski definition) is 1. The number of nitrogens with zero attached hydrogens (tertiary/aromatic N) is 1. The molecule has 2 aromatic rings. The Morgan fingerprint density at radius 3 is 2.61 bits per heavy atom. The normalized spacial score (nSPS) is 11.4. The first kappa shape index (κ1) is 20.8. The van der Waals surface area contributed by atoms with Crippen molar-refractivity contribution in [3.8, 4) is 5.75 Å². The lowest BCUT2D eigenvalue weighted by Crippen LogP contribution is -2.30. The SMILES string of the molecule is COc1ccc(NC(=O)[C@H](C)OC(=O)CCc2ccccc2F)c([N+](=O)[O-])c1. The Labute approximate surface area is 160 Å². The molecule has 1 amide bonds. The molecule has 28 heavy (non-hydrogen) atoms. The molecular weight excluding hydrogens is 371 g/mol. The van der Waals surface area contributed by atoms with Gasteiger partial charge in [0, 0.05) is 6.42 Å². The van der Waals surface area contributed by atoms with Gasteiger partial charge in [0.25, 0.3) is 11.6 Å². The van der Waals surface area contributed by atoms with Crippen LogP contribution < -0.4 is 10.1 Å². The summed E-state index contributed by atoms with van der Waals surface area (Å²) < 4.78 is 23.5. The van der Waals surface area contributed by atoms with Crippen LogP contribution in [0.5, 0.6) is 5.75 Å². The molecule has 2 aromatic carbocycles. The van der Waals surface area contributed by atoms with E-state index in [-0.39, 0.29) is 30.0 Å². The average molecular weight is 390 g/mol. The Hall–Kier alpha value is -3.49. The largest absolute Gasteiger partial charge is 0.496 e. The monoisotopic (exact) mass is 390 g/mol. The number of carbonyl (C=O) groups is 2. The number of nitro groups is 1. The van der Waals surface area contributed by atoms with Gasteiger partial charge in [0.1, 0.15) is 17.3 Å². The Kier molecular flexibility index (Phi) is 7.02. The van der Waals surface area contributed by atoms with E-state index in [2.05, 4.69) is 5.32 Å². The highest BCUT2D eigenvalue weighted by Gasteiger charge is 2.22. The molecule has 0 bridgehead atoms. The number of hydrogen-bond acceptors (Lipinski definition) is 6. The molecule has 0 saturated carbocycles. The number of halogens is 1. The Morgan fingerprint density at radius 1 is 1.25 bits per heavy atom. The summed E-state index contributed by atoms with van der Waals surface area (Å²) in [6.07, 6.45) is -1.17. The maximum Gasteiger partial charge on any atom is 0.306 e. The molecule has 0 unspecified atom stereocenters. The second kappa shape index (κ2) is 9.45. The van der Waals surface area contributed by atoms with Crippen molar-refractivity contribution in [2.75, 3.05) is 12.4 Å². The van der Waals surface area contributed by atoms with Crippen LogP contribution in [0.1, 0.15) is 18.9 Å². The minimum absolute atomic E-state index is 0.0509. The fourth-order valence-electron chi connectivity index (χ4n) is 2.38. The van der Waals surface area contributed by atoms with Gasteiger partial charge in [-0.2, -0.15) is 0 Å². The van der Waals surface area contributed by atoms with Crippen LogP contribution in [0.2, 0.25) is 0 Å². The Bertz CT molecular complexity index is 886. The number of methoxy groups -OCH3 is 1. The zero-order chi connectivity index (χ0) is 20.7. The van der Waals surface area contributed by atoms with Gasteiger partial charge in [-0.3, -0.25) is 19.7 Å². The summed E-state index contributed by atoms with van der Waals surface area (Å²) in [5, 5.41) is 13.5. The third-order valence-corrected chi connectivity index (χ3v) is 3.89. The van der Waals surface area contributed by atoms with E-state index in [1.807, 2.05) is 0 Å². The fraction of sp³-hybridized carbons (Fsp3) is 0.263. The molecule has 0 heterocycles. The van der Waals surface area contributed by atoms with Crippen molar-refractivity contribution in [3.05, 3.63) is 64.0 Å². The van der Waals surface area contributed by atoms with Crippen LogP contribution in [-0.4, -0.2) is 30.0 Å². The molecular formula is C19H19FN2O6. The van der Waals surface area contributed by atoms with E-state index in [9.17, 15) is 24.1 Å². The number of nitrogens with one attached hydrogen (secondary N) is 1. The molecule has 0 radical (unpaired) electrons. The lowest BCUT2D eigenvalue weighted by atomic mass is 10.1. The number of carbonyl (C=O) groups excluding carboxylic acids is 2. The van der Waals surface area contributed by atoms with E-state index in [4.69, 9.17) is 9.47 Å². The number of nitro benzene ring substituents is 1. The number of aryl methyl sites for hydroxylation is 1. The van der Waals surface area contributed by atoms with Gasteiger partial charge in [0.05, 0.1) is 18.1 Å². The van der Waals surface area contributed by atoms with E-state index in [0.717, 1.165) is 0 Å². The number of amides is 1. The zero-order valence-electron chi connectivity index (χ0n) is 15.3. The van der Waals surface area contributed by atoms with E-state index in [1.165, 1.54) is 38.3 Å². The van der Waals surface area contributed by atoms with Crippen LogP contribution in [0.4, 0.5) is 15.8 Å². The average Bonchev–Trinajstić information content (AvgIpc) is 2.67. The highest BCUT2D eigenvalue weighted by atomic mass is 19.1. The molecule has 1 atom stereocenters. The number of anilines is 1. The summed E-state index contributed by atoms with van der Waals surface area (Å²) in [5.41, 5.74) is -0.0405. The maximum absolute atomic E-state index is 13.6. The van der Waals surface area contributed by atoms with Crippen molar-refractivity contribution in [1.29, 1.82) is 0 Å². The van der Waals surface area contributed by atoms with Gasteiger partial charge in [-0.1, -0.05) is 18.2 Å². The van der Waals surface area contributed by atoms with Crippen molar-refractivity contribution >= 4 is 23.3 Å². The van der Waals surface area contributed by atoms with E-state index in [1.54, 1.807) is 18.2 Å². The van der Waals surface area contributed by atoms with E-state index in [0.29, 0.717) is 5.56 Å². The van der Waals surface area contributed by atoms with Gasteiger partial charge < -0.3 is 14.8 Å². The number of benzene rings is 2. The summed E-state index contributed by atoms with van der Waals surface area (Å²) >= 11 is 0. The lowest BCUT2D eigenvalue weighted by Gasteiger charge is -2.14. The molecule has 0 aliphatic carbocycles. The minimum Gasteiger partial charge on any atom is -0.496 e. The summed E-state index contributed by atoms with van der Waals surface area (Å²) in [6.45, 7) is 1.34. The zero-order valence-corrected chi connectivity index (χ0v) is 15.3. The van der Waals surface area contributed by atoms with Crippen molar-refractivity contribution in [2.45, 2.75) is 25.9 Å². The molecule has 0 fully saturated rings. The number of ether oxygens (including phenoxy) is 2. The molecule has 9 heteroatoms. The molecule has 1 N–H and O–H groups in total. The van der Waals surface area contributed by atoms with Gasteiger partial charge in [-0.05, 0) is 37.1 Å². The highest BCUT2D eigenvalue weighted by molar-refractivity contribution is 5.97. The summed E-state index contributed by atoms with van der Waals surface area (Å²) in [7, 11) is 1.36. The van der Waals surface area contributed by atoms with Crippen molar-refractivity contribution in [2.24, 2.45) is 0 Å². The topological polar surface area (TPSA) is 108 Å². The van der Waals surface area contributed by atoms with Crippen LogP contribution in [0.25, 0.3) is 0 Å². The summed E-state index contributed by atoms with van der Waals surface area (Å²) in [4.78, 5) is 34.6. The smallest absolute Gasteiger partial charge is 0.306 e. The lowest BCUT2D eigenvalue weighted by molar-refractivity contribution is -0.384. The van der Waals surface area contributed by atoms with Crippen molar-refractivity contribution in [1.82, 2.24) is 0 Å². The van der Waals surface area contributed by atoms with Gasteiger partial charge >= 0.3 is 5.97 Å². The maximum atomic E-state index is 13.6. The van der Waals surface area contributed by atoms with E-state index >= 15 is 0 Å². The molecule has 8 nitrogen and oxygen atoms in total. The van der Waals surface area contributed by atoms with Crippen LogP contribution >= 0.6 is 0 Å². The summed E-state index contributed by atoms with van der Waals surface area (Å²) in [6, 6.07) is 9.99.